The maximum absolute atomic E-state index is 11.7. The van der Waals surface area contributed by atoms with E-state index in [1.807, 2.05) is 25.1 Å². The van der Waals surface area contributed by atoms with Crippen molar-refractivity contribution in [2.75, 3.05) is 0 Å². The quantitative estimate of drug-likeness (QED) is 0.630. The maximum Gasteiger partial charge on any atom is 0.308 e. The molecular weight excluding hydrogens is 276 g/mol. The average Bonchev–Trinajstić information content (AvgIpc) is 2.97. The number of hydrogen-bond acceptors (Lipinski definition) is 3. The van der Waals surface area contributed by atoms with Gasteiger partial charge < -0.3 is 9.84 Å². The fourth-order valence-electron chi connectivity index (χ4n) is 4.64. The Balaban J connectivity index is 2.17. The third-order valence-electron chi connectivity index (χ3n) is 5.50. The predicted octanol–water partition coefficient (Wildman–Crippen LogP) is 4.32. The molecule has 0 saturated heterocycles. The Morgan fingerprint density at radius 2 is 2.18 bits per heavy atom. The summed E-state index contributed by atoms with van der Waals surface area (Å²) in [6, 6.07) is 5.85. The molecule has 2 atom stereocenters. The normalized spacial score (nSPS) is 25.5. The molecule has 1 N–H and O–H groups in total. The number of hydrogen-bond donors (Lipinski definition) is 1. The number of ether oxygens (including phenoxy) is 1. The topological polar surface area (TPSA) is 46.5 Å². The molecule has 2 aliphatic rings. The van der Waals surface area contributed by atoms with Crippen LogP contribution < -0.4 is 4.74 Å². The lowest BCUT2D eigenvalue weighted by Crippen LogP contribution is -2.17. The van der Waals surface area contributed by atoms with Crippen LogP contribution in [0.3, 0.4) is 0 Å². The Kier molecular flexibility index (Phi) is 2.63. The number of phenols is 1. The zero-order chi connectivity index (χ0) is 15.6. The van der Waals surface area contributed by atoms with Crippen molar-refractivity contribution in [3.8, 4) is 11.5 Å². The summed E-state index contributed by atoms with van der Waals surface area (Å²) in [5, 5.41) is 12.6. The number of carbonyl (C=O) groups is 1. The van der Waals surface area contributed by atoms with Gasteiger partial charge in [0.2, 0.25) is 0 Å². The first kappa shape index (κ1) is 13.6. The lowest BCUT2D eigenvalue weighted by molar-refractivity contribution is -0.131. The van der Waals surface area contributed by atoms with E-state index in [2.05, 4.69) is 6.92 Å². The van der Waals surface area contributed by atoms with Crippen LogP contribution in [-0.4, -0.2) is 11.1 Å². The van der Waals surface area contributed by atoms with Gasteiger partial charge in [0.25, 0.3) is 0 Å². The number of esters is 1. The minimum Gasteiger partial charge on any atom is -0.507 e. The van der Waals surface area contributed by atoms with E-state index < -0.39 is 0 Å². The zero-order valence-corrected chi connectivity index (χ0v) is 13.2. The van der Waals surface area contributed by atoms with Crippen LogP contribution in [0.15, 0.2) is 18.2 Å². The van der Waals surface area contributed by atoms with Crippen LogP contribution in [0.4, 0.5) is 0 Å². The summed E-state index contributed by atoms with van der Waals surface area (Å²) in [5.41, 5.74) is 3.12. The van der Waals surface area contributed by atoms with Crippen molar-refractivity contribution in [1.82, 2.24) is 0 Å². The summed E-state index contributed by atoms with van der Waals surface area (Å²) in [5.74, 6) is 1.16. The second-order valence-corrected chi connectivity index (χ2v) is 7.06. The highest BCUT2D eigenvalue weighted by molar-refractivity contribution is 6.00. The van der Waals surface area contributed by atoms with Gasteiger partial charge in [-0.05, 0) is 43.1 Å². The summed E-state index contributed by atoms with van der Waals surface area (Å²) in [6.45, 7) is 5.66. The van der Waals surface area contributed by atoms with Gasteiger partial charge in [-0.1, -0.05) is 25.1 Å². The van der Waals surface area contributed by atoms with Gasteiger partial charge in [0.15, 0.2) is 0 Å². The molecular formula is C19H20O3. The van der Waals surface area contributed by atoms with E-state index >= 15 is 0 Å². The van der Waals surface area contributed by atoms with Gasteiger partial charge in [-0.3, -0.25) is 4.79 Å². The van der Waals surface area contributed by atoms with Crippen LogP contribution in [0, 0.1) is 6.92 Å². The summed E-state index contributed by atoms with van der Waals surface area (Å²) in [4.78, 5) is 11.7. The number of fused-ring (bicyclic) bond motifs is 6. The van der Waals surface area contributed by atoms with Crippen LogP contribution in [0.1, 0.15) is 55.7 Å². The number of aryl methyl sites for hydroxylation is 1. The highest BCUT2D eigenvalue weighted by atomic mass is 16.5. The van der Waals surface area contributed by atoms with Crippen molar-refractivity contribution in [1.29, 1.82) is 0 Å². The van der Waals surface area contributed by atoms with E-state index in [1.165, 1.54) is 6.92 Å². The van der Waals surface area contributed by atoms with E-state index in [4.69, 9.17) is 4.74 Å². The third kappa shape index (κ3) is 1.59. The molecule has 114 valence electrons. The second-order valence-electron chi connectivity index (χ2n) is 7.06. The molecule has 0 radical (unpaired) electrons. The Morgan fingerprint density at radius 1 is 1.41 bits per heavy atom. The summed E-state index contributed by atoms with van der Waals surface area (Å²) in [6.07, 6.45) is 3.24. The lowest BCUT2D eigenvalue weighted by atomic mass is 9.78. The molecule has 0 spiro atoms. The molecule has 22 heavy (non-hydrogen) atoms. The summed E-state index contributed by atoms with van der Waals surface area (Å²) in [7, 11) is 0. The first-order valence-electron chi connectivity index (χ1n) is 7.89. The van der Waals surface area contributed by atoms with E-state index in [-0.39, 0.29) is 11.4 Å². The molecule has 2 aliphatic carbocycles. The number of carbonyl (C=O) groups excluding carboxylic acids is 1. The number of rotatable bonds is 1. The van der Waals surface area contributed by atoms with Crippen LogP contribution in [-0.2, 0) is 10.2 Å². The fourth-order valence-corrected chi connectivity index (χ4v) is 4.64. The van der Waals surface area contributed by atoms with Crippen LogP contribution >= 0.6 is 0 Å². The molecule has 0 aliphatic heterocycles. The SMILES string of the molecule is CC(=O)Oc1c2c(c(O)c3cccc(C)c13)C1(C)CCC2C1. The van der Waals surface area contributed by atoms with Crippen molar-refractivity contribution in [2.24, 2.45) is 0 Å². The second kappa shape index (κ2) is 4.25. The van der Waals surface area contributed by atoms with Crippen molar-refractivity contribution in [2.45, 2.75) is 51.4 Å². The van der Waals surface area contributed by atoms with Crippen molar-refractivity contribution >= 4 is 16.7 Å². The molecule has 1 saturated carbocycles. The largest absolute Gasteiger partial charge is 0.507 e. The molecule has 2 aromatic rings. The van der Waals surface area contributed by atoms with Crippen LogP contribution in [0.25, 0.3) is 10.8 Å². The van der Waals surface area contributed by atoms with Crippen molar-refractivity contribution in [3.63, 3.8) is 0 Å². The molecule has 3 nitrogen and oxygen atoms in total. The minimum atomic E-state index is -0.301. The molecule has 2 unspecified atom stereocenters. The molecule has 1 fully saturated rings. The maximum atomic E-state index is 11.7. The van der Waals surface area contributed by atoms with E-state index in [9.17, 15) is 9.90 Å². The monoisotopic (exact) mass is 296 g/mol. The molecule has 0 heterocycles. The van der Waals surface area contributed by atoms with Crippen LogP contribution in [0.2, 0.25) is 0 Å². The molecule has 3 heteroatoms. The Labute approximate surface area is 129 Å². The zero-order valence-electron chi connectivity index (χ0n) is 13.2. The molecule has 0 aromatic heterocycles. The van der Waals surface area contributed by atoms with Gasteiger partial charge in [-0.2, -0.15) is 0 Å². The smallest absolute Gasteiger partial charge is 0.308 e. The number of phenolic OH excluding ortho intramolecular Hbond substituents is 1. The van der Waals surface area contributed by atoms with Crippen molar-refractivity contribution in [3.05, 3.63) is 34.9 Å². The van der Waals surface area contributed by atoms with Crippen LogP contribution in [0.5, 0.6) is 11.5 Å². The fraction of sp³-hybridized carbons (Fsp3) is 0.421. The van der Waals surface area contributed by atoms with Gasteiger partial charge in [-0.25, -0.2) is 0 Å². The molecule has 2 bridgehead atoms. The van der Waals surface area contributed by atoms with Gasteiger partial charge in [0.05, 0.1) is 0 Å². The van der Waals surface area contributed by atoms with E-state index in [1.54, 1.807) is 0 Å². The van der Waals surface area contributed by atoms with E-state index in [0.717, 1.165) is 46.7 Å². The summed E-state index contributed by atoms with van der Waals surface area (Å²) < 4.78 is 5.65. The first-order valence-corrected chi connectivity index (χ1v) is 7.89. The Hall–Kier alpha value is -2.03. The lowest BCUT2D eigenvalue weighted by Gasteiger charge is -2.28. The van der Waals surface area contributed by atoms with Gasteiger partial charge in [-0.15, -0.1) is 0 Å². The van der Waals surface area contributed by atoms with Gasteiger partial charge >= 0.3 is 5.97 Å². The predicted molar refractivity (Wildman–Crippen MR) is 85.6 cm³/mol. The standard InChI is InChI=1S/C19H20O3/c1-10-5-4-6-13-14(10)18(22-11(2)20)15-12-7-8-19(3,9-12)16(15)17(13)21/h4-6,12,21H,7-9H2,1-3H3. The molecule has 4 rings (SSSR count). The van der Waals surface area contributed by atoms with E-state index in [0.29, 0.717) is 17.4 Å². The first-order chi connectivity index (χ1) is 10.4. The number of aromatic hydroxyl groups is 1. The highest BCUT2D eigenvalue weighted by Gasteiger charge is 2.50. The number of benzene rings is 2. The third-order valence-corrected chi connectivity index (χ3v) is 5.50. The molecule has 2 aromatic carbocycles. The average molecular weight is 296 g/mol. The van der Waals surface area contributed by atoms with Crippen molar-refractivity contribution < 1.29 is 14.6 Å². The molecule has 0 amide bonds. The summed E-state index contributed by atoms with van der Waals surface area (Å²) >= 11 is 0. The Morgan fingerprint density at radius 3 is 2.91 bits per heavy atom. The minimum absolute atomic E-state index is 0.0108. The Bertz CT molecular complexity index is 821. The highest BCUT2D eigenvalue weighted by Crippen LogP contribution is 2.63. The van der Waals surface area contributed by atoms with Gasteiger partial charge in [0, 0.05) is 28.8 Å². The van der Waals surface area contributed by atoms with Gasteiger partial charge in [0.1, 0.15) is 11.5 Å².